The number of amides is 1. The topological polar surface area (TPSA) is 50.4 Å². The molecule has 0 bridgehead atoms. The van der Waals surface area contributed by atoms with Gasteiger partial charge in [-0.05, 0) is 63.6 Å². The number of fused-ring (bicyclic) bond motifs is 1. The molecule has 1 aliphatic carbocycles. The van der Waals surface area contributed by atoms with Gasteiger partial charge >= 0.3 is 0 Å². The first-order valence-corrected chi connectivity index (χ1v) is 9.52. The van der Waals surface area contributed by atoms with Crippen LogP contribution in [0.25, 0.3) is 0 Å². The maximum absolute atomic E-state index is 12.5. The normalized spacial score (nSPS) is 27.7. The van der Waals surface area contributed by atoms with Crippen molar-refractivity contribution in [3.8, 4) is 5.75 Å². The molecular formula is C20H28N2O2. The van der Waals surface area contributed by atoms with E-state index in [1.54, 1.807) is 0 Å². The summed E-state index contributed by atoms with van der Waals surface area (Å²) in [6.07, 6.45) is 8.45. The van der Waals surface area contributed by atoms with Crippen LogP contribution in [0.4, 0.5) is 0 Å². The molecule has 2 N–H and O–H groups in total. The van der Waals surface area contributed by atoms with Crippen molar-refractivity contribution < 1.29 is 9.53 Å². The van der Waals surface area contributed by atoms with Gasteiger partial charge in [0, 0.05) is 18.4 Å². The van der Waals surface area contributed by atoms with Crippen molar-refractivity contribution in [3.63, 3.8) is 0 Å². The summed E-state index contributed by atoms with van der Waals surface area (Å²) in [5.41, 5.74) is 1.09. The number of ether oxygens (including phenoxy) is 1. The Balaban J connectivity index is 1.43. The Labute approximate surface area is 144 Å². The second kappa shape index (κ2) is 6.75. The molecule has 2 heterocycles. The number of carbonyl (C=O) groups is 1. The Morgan fingerprint density at radius 1 is 1.29 bits per heavy atom. The molecule has 4 heteroatoms. The summed E-state index contributed by atoms with van der Waals surface area (Å²) < 4.78 is 6.37. The SMILES string of the molecule is O=C(CCC1CCNC1)NC1CC2(CCCC2)Oc2ccccc21. The summed E-state index contributed by atoms with van der Waals surface area (Å²) in [5.74, 6) is 1.83. The molecule has 2 aliphatic heterocycles. The van der Waals surface area contributed by atoms with Crippen molar-refractivity contribution >= 4 is 5.91 Å². The molecule has 1 saturated carbocycles. The van der Waals surface area contributed by atoms with E-state index in [-0.39, 0.29) is 17.6 Å². The number of nitrogens with one attached hydrogen (secondary N) is 2. The fraction of sp³-hybridized carbons (Fsp3) is 0.650. The molecule has 4 nitrogen and oxygen atoms in total. The van der Waals surface area contributed by atoms with Gasteiger partial charge in [0.1, 0.15) is 11.4 Å². The smallest absolute Gasteiger partial charge is 0.220 e. The molecule has 1 aromatic carbocycles. The standard InChI is InChI=1S/C20H28N2O2/c23-19(8-7-15-9-12-21-14-15)22-17-13-20(10-3-4-11-20)24-18-6-2-1-5-16(17)18/h1-2,5-6,15,17,21H,3-4,7-14H2,(H,22,23). The van der Waals surface area contributed by atoms with Crippen LogP contribution in [0.15, 0.2) is 24.3 Å². The van der Waals surface area contributed by atoms with Crippen molar-refractivity contribution in [1.82, 2.24) is 10.6 Å². The number of hydrogen-bond donors (Lipinski definition) is 2. The van der Waals surface area contributed by atoms with E-state index in [1.807, 2.05) is 12.1 Å². The van der Waals surface area contributed by atoms with Crippen LogP contribution < -0.4 is 15.4 Å². The summed E-state index contributed by atoms with van der Waals surface area (Å²) >= 11 is 0. The highest BCUT2D eigenvalue weighted by molar-refractivity contribution is 5.76. The van der Waals surface area contributed by atoms with Gasteiger partial charge in [0.15, 0.2) is 0 Å². The molecule has 24 heavy (non-hydrogen) atoms. The monoisotopic (exact) mass is 328 g/mol. The number of para-hydroxylation sites is 1. The lowest BCUT2D eigenvalue weighted by molar-refractivity contribution is -0.122. The Bertz CT molecular complexity index is 589. The van der Waals surface area contributed by atoms with Crippen molar-refractivity contribution in [2.45, 2.75) is 63.0 Å². The third-order valence-electron chi connectivity index (χ3n) is 5.99. The zero-order chi connectivity index (χ0) is 16.4. The quantitative estimate of drug-likeness (QED) is 0.891. The Morgan fingerprint density at radius 2 is 2.12 bits per heavy atom. The highest BCUT2D eigenvalue weighted by Crippen LogP contribution is 2.47. The van der Waals surface area contributed by atoms with E-state index in [0.717, 1.165) is 50.1 Å². The molecule has 3 aliphatic rings. The zero-order valence-corrected chi connectivity index (χ0v) is 14.4. The predicted octanol–water partition coefficient (Wildman–Crippen LogP) is 3.33. The van der Waals surface area contributed by atoms with E-state index in [4.69, 9.17) is 4.74 Å². The van der Waals surface area contributed by atoms with Crippen LogP contribution in [0.5, 0.6) is 5.75 Å². The van der Waals surface area contributed by atoms with Gasteiger partial charge in [-0.15, -0.1) is 0 Å². The van der Waals surface area contributed by atoms with Gasteiger partial charge in [0.2, 0.25) is 5.91 Å². The highest BCUT2D eigenvalue weighted by atomic mass is 16.5. The van der Waals surface area contributed by atoms with Gasteiger partial charge in [-0.1, -0.05) is 18.2 Å². The van der Waals surface area contributed by atoms with Crippen molar-refractivity contribution in [2.75, 3.05) is 13.1 Å². The second-order valence-corrected chi connectivity index (χ2v) is 7.75. The van der Waals surface area contributed by atoms with Crippen molar-refractivity contribution in [3.05, 3.63) is 29.8 Å². The van der Waals surface area contributed by atoms with Gasteiger partial charge in [-0.25, -0.2) is 0 Å². The molecule has 2 fully saturated rings. The lowest BCUT2D eigenvalue weighted by atomic mass is 9.85. The van der Waals surface area contributed by atoms with E-state index in [9.17, 15) is 4.79 Å². The van der Waals surface area contributed by atoms with Crippen LogP contribution >= 0.6 is 0 Å². The third kappa shape index (κ3) is 3.30. The van der Waals surface area contributed by atoms with Crippen molar-refractivity contribution in [1.29, 1.82) is 0 Å². The summed E-state index contributed by atoms with van der Waals surface area (Å²) in [5, 5.41) is 6.69. The lowest BCUT2D eigenvalue weighted by Gasteiger charge is -2.40. The largest absolute Gasteiger partial charge is 0.487 e. The fourth-order valence-electron chi connectivity index (χ4n) is 4.64. The van der Waals surface area contributed by atoms with Crippen LogP contribution in [0.3, 0.4) is 0 Å². The number of carbonyl (C=O) groups excluding carboxylic acids is 1. The second-order valence-electron chi connectivity index (χ2n) is 7.75. The molecule has 2 unspecified atom stereocenters. The Morgan fingerprint density at radius 3 is 2.92 bits per heavy atom. The number of hydrogen-bond acceptors (Lipinski definition) is 3. The summed E-state index contributed by atoms with van der Waals surface area (Å²) in [6.45, 7) is 2.17. The summed E-state index contributed by atoms with van der Waals surface area (Å²) in [7, 11) is 0. The van der Waals surface area contributed by atoms with E-state index < -0.39 is 0 Å². The molecule has 1 amide bonds. The lowest BCUT2D eigenvalue weighted by Crippen LogP contribution is -2.43. The van der Waals surface area contributed by atoms with Gasteiger partial charge < -0.3 is 15.4 Å². The maximum Gasteiger partial charge on any atom is 0.220 e. The first-order valence-electron chi connectivity index (χ1n) is 9.52. The number of rotatable bonds is 4. The van der Waals surface area contributed by atoms with Crippen LogP contribution in [-0.4, -0.2) is 24.6 Å². The molecule has 130 valence electrons. The number of benzene rings is 1. The van der Waals surface area contributed by atoms with Crippen LogP contribution in [0, 0.1) is 5.92 Å². The first kappa shape index (κ1) is 15.9. The van der Waals surface area contributed by atoms with Crippen molar-refractivity contribution in [2.24, 2.45) is 5.92 Å². The van der Waals surface area contributed by atoms with E-state index in [1.165, 1.54) is 19.3 Å². The first-order chi connectivity index (χ1) is 11.7. The summed E-state index contributed by atoms with van der Waals surface area (Å²) in [6, 6.07) is 8.32. The van der Waals surface area contributed by atoms with Gasteiger partial charge in [-0.3, -0.25) is 4.79 Å². The third-order valence-corrected chi connectivity index (χ3v) is 5.99. The van der Waals surface area contributed by atoms with Crippen LogP contribution in [-0.2, 0) is 4.79 Å². The molecule has 0 aromatic heterocycles. The average molecular weight is 328 g/mol. The highest BCUT2D eigenvalue weighted by Gasteiger charge is 2.43. The minimum absolute atomic E-state index is 0.0539. The molecule has 1 spiro atoms. The Kier molecular flexibility index (Phi) is 4.49. The summed E-state index contributed by atoms with van der Waals surface area (Å²) in [4.78, 5) is 12.5. The minimum atomic E-state index is -0.0539. The van der Waals surface area contributed by atoms with Crippen LogP contribution in [0.1, 0.15) is 63.0 Å². The van der Waals surface area contributed by atoms with E-state index >= 15 is 0 Å². The van der Waals surface area contributed by atoms with Gasteiger partial charge in [0.05, 0.1) is 6.04 Å². The van der Waals surface area contributed by atoms with Gasteiger partial charge in [-0.2, -0.15) is 0 Å². The Hall–Kier alpha value is -1.55. The molecular weight excluding hydrogens is 300 g/mol. The fourth-order valence-corrected chi connectivity index (χ4v) is 4.64. The predicted molar refractivity (Wildman–Crippen MR) is 94.0 cm³/mol. The maximum atomic E-state index is 12.5. The average Bonchev–Trinajstić information content (AvgIpc) is 3.25. The van der Waals surface area contributed by atoms with E-state index in [0.29, 0.717) is 12.3 Å². The van der Waals surface area contributed by atoms with Gasteiger partial charge in [0.25, 0.3) is 0 Å². The van der Waals surface area contributed by atoms with Crippen LogP contribution in [0.2, 0.25) is 0 Å². The molecule has 4 rings (SSSR count). The van der Waals surface area contributed by atoms with E-state index in [2.05, 4.69) is 22.8 Å². The molecule has 1 saturated heterocycles. The zero-order valence-electron chi connectivity index (χ0n) is 14.4. The molecule has 0 radical (unpaired) electrons. The minimum Gasteiger partial charge on any atom is -0.487 e. The molecule has 1 aromatic rings. The molecule has 2 atom stereocenters.